The molecule has 0 aliphatic heterocycles. The number of nitrogens with zero attached hydrogens (tertiary/aromatic N) is 1. The van der Waals surface area contributed by atoms with Gasteiger partial charge in [0.1, 0.15) is 0 Å². The lowest BCUT2D eigenvalue weighted by Crippen LogP contribution is -2.33. The van der Waals surface area contributed by atoms with Gasteiger partial charge in [-0.2, -0.15) is 0 Å². The quantitative estimate of drug-likeness (QED) is 0.796. The Balaban J connectivity index is 2.62. The highest BCUT2D eigenvalue weighted by atomic mass is 16.2. The Morgan fingerprint density at radius 3 is 2.71 bits per heavy atom. The molecule has 0 aliphatic carbocycles. The van der Waals surface area contributed by atoms with Crippen molar-refractivity contribution in [1.29, 1.82) is 0 Å². The summed E-state index contributed by atoms with van der Waals surface area (Å²) in [6, 6.07) is 3.34. The minimum absolute atomic E-state index is 0.0641. The van der Waals surface area contributed by atoms with Crippen molar-refractivity contribution in [2.75, 3.05) is 11.9 Å². The number of amides is 1. The standard InChI is InChI=1S/C12H19N3O2/c1-4-15-8-10(5-6-12(15)17)14-11(16)7-13-9(2)3/h5-6,8-9,13H,4,7H2,1-3H3,(H,14,16). The van der Waals surface area contributed by atoms with E-state index in [9.17, 15) is 9.59 Å². The molecule has 0 saturated carbocycles. The number of aryl methyl sites for hydroxylation is 1. The SMILES string of the molecule is CCn1cc(NC(=O)CNC(C)C)ccc1=O. The van der Waals surface area contributed by atoms with Crippen molar-refractivity contribution in [2.45, 2.75) is 33.4 Å². The monoisotopic (exact) mass is 237 g/mol. The van der Waals surface area contributed by atoms with Gasteiger partial charge in [0.05, 0.1) is 12.2 Å². The summed E-state index contributed by atoms with van der Waals surface area (Å²) in [5.74, 6) is -0.111. The van der Waals surface area contributed by atoms with E-state index in [1.165, 1.54) is 6.07 Å². The molecule has 5 heteroatoms. The first-order valence-corrected chi connectivity index (χ1v) is 5.76. The Kier molecular flexibility index (Phi) is 4.90. The zero-order valence-electron chi connectivity index (χ0n) is 10.5. The summed E-state index contributed by atoms with van der Waals surface area (Å²) in [5.41, 5.74) is 0.577. The highest BCUT2D eigenvalue weighted by molar-refractivity contribution is 5.92. The molecule has 2 N–H and O–H groups in total. The smallest absolute Gasteiger partial charge is 0.250 e. The second-order valence-corrected chi connectivity index (χ2v) is 4.13. The Morgan fingerprint density at radius 2 is 2.12 bits per heavy atom. The summed E-state index contributed by atoms with van der Waals surface area (Å²) in [5, 5.41) is 5.76. The Hall–Kier alpha value is -1.62. The first-order chi connectivity index (χ1) is 8.02. The van der Waals surface area contributed by atoms with Gasteiger partial charge in [-0.3, -0.25) is 9.59 Å². The molecule has 1 amide bonds. The maximum absolute atomic E-state index is 11.5. The number of hydrogen-bond acceptors (Lipinski definition) is 3. The highest BCUT2D eigenvalue weighted by Crippen LogP contribution is 2.02. The van der Waals surface area contributed by atoms with Crippen LogP contribution in [0.15, 0.2) is 23.1 Å². The van der Waals surface area contributed by atoms with Gasteiger partial charge in [-0.1, -0.05) is 13.8 Å². The van der Waals surface area contributed by atoms with Crippen molar-refractivity contribution in [3.05, 3.63) is 28.7 Å². The molecule has 0 fully saturated rings. The molecule has 17 heavy (non-hydrogen) atoms. The van der Waals surface area contributed by atoms with Crippen LogP contribution in [0.5, 0.6) is 0 Å². The van der Waals surface area contributed by atoms with Crippen LogP contribution in [0.25, 0.3) is 0 Å². The number of aromatic nitrogens is 1. The maximum Gasteiger partial charge on any atom is 0.250 e. The van der Waals surface area contributed by atoms with Crippen molar-refractivity contribution < 1.29 is 4.79 Å². The average Bonchev–Trinajstić information content (AvgIpc) is 2.29. The normalized spacial score (nSPS) is 10.6. The predicted molar refractivity (Wildman–Crippen MR) is 68.1 cm³/mol. The van der Waals surface area contributed by atoms with Gasteiger partial charge in [0.2, 0.25) is 5.91 Å². The van der Waals surface area contributed by atoms with Crippen LogP contribution in [0.2, 0.25) is 0 Å². The van der Waals surface area contributed by atoms with Crippen LogP contribution in [-0.2, 0) is 11.3 Å². The van der Waals surface area contributed by atoms with Crippen molar-refractivity contribution in [3.8, 4) is 0 Å². The first kappa shape index (κ1) is 13.4. The second-order valence-electron chi connectivity index (χ2n) is 4.13. The van der Waals surface area contributed by atoms with Crippen LogP contribution in [-0.4, -0.2) is 23.1 Å². The van der Waals surface area contributed by atoms with E-state index in [0.29, 0.717) is 12.2 Å². The van der Waals surface area contributed by atoms with Gasteiger partial charge in [-0.05, 0) is 13.0 Å². The van der Waals surface area contributed by atoms with Crippen LogP contribution in [0, 0.1) is 0 Å². The van der Waals surface area contributed by atoms with E-state index in [-0.39, 0.29) is 24.1 Å². The predicted octanol–water partition coefficient (Wildman–Crippen LogP) is 0.805. The van der Waals surface area contributed by atoms with Crippen LogP contribution in [0.1, 0.15) is 20.8 Å². The van der Waals surface area contributed by atoms with E-state index >= 15 is 0 Å². The fourth-order valence-corrected chi connectivity index (χ4v) is 1.35. The fraction of sp³-hybridized carbons (Fsp3) is 0.500. The molecule has 0 atom stereocenters. The molecule has 0 radical (unpaired) electrons. The van der Waals surface area contributed by atoms with E-state index in [4.69, 9.17) is 0 Å². The largest absolute Gasteiger partial charge is 0.324 e. The number of carbonyl (C=O) groups is 1. The molecule has 0 unspecified atom stereocenters. The van der Waals surface area contributed by atoms with Gasteiger partial charge >= 0.3 is 0 Å². The van der Waals surface area contributed by atoms with E-state index in [1.807, 2.05) is 20.8 Å². The van der Waals surface area contributed by atoms with E-state index < -0.39 is 0 Å². The van der Waals surface area contributed by atoms with Gasteiger partial charge in [0.15, 0.2) is 0 Å². The summed E-state index contributed by atoms with van der Waals surface area (Å²) in [6.07, 6.45) is 1.65. The van der Waals surface area contributed by atoms with Crippen LogP contribution in [0.3, 0.4) is 0 Å². The zero-order valence-corrected chi connectivity index (χ0v) is 10.5. The molecule has 1 aromatic heterocycles. The van der Waals surface area contributed by atoms with Crippen LogP contribution >= 0.6 is 0 Å². The van der Waals surface area contributed by atoms with Crippen LogP contribution in [0.4, 0.5) is 5.69 Å². The molecule has 1 aromatic rings. The van der Waals surface area contributed by atoms with Gasteiger partial charge in [0, 0.05) is 24.8 Å². The van der Waals surface area contributed by atoms with E-state index in [2.05, 4.69) is 10.6 Å². The number of carbonyl (C=O) groups excluding carboxylic acids is 1. The summed E-state index contributed by atoms with van der Waals surface area (Å²) in [6.45, 7) is 6.69. The summed E-state index contributed by atoms with van der Waals surface area (Å²) in [4.78, 5) is 22.9. The van der Waals surface area contributed by atoms with E-state index in [0.717, 1.165) is 0 Å². The fourth-order valence-electron chi connectivity index (χ4n) is 1.35. The molecule has 5 nitrogen and oxygen atoms in total. The number of pyridine rings is 1. The first-order valence-electron chi connectivity index (χ1n) is 5.76. The van der Waals surface area contributed by atoms with Crippen LogP contribution < -0.4 is 16.2 Å². The number of hydrogen-bond donors (Lipinski definition) is 2. The molecule has 0 bridgehead atoms. The Morgan fingerprint density at radius 1 is 1.41 bits per heavy atom. The van der Waals surface area contributed by atoms with Crippen molar-refractivity contribution in [1.82, 2.24) is 9.88 Å². The molecule has 0 saturated heterocycles. The van der Waals surface area contributed by atoms with Crippen molar-refractivity contribution in [2.24, 2.45) is 0 Å². The number of anilines is 1. The van der Waals surface area contributed by atoms with Gasteiger partial charge in [-0.15, -0.1) is 0 Å². The topological polar surface area (TPSA) is 63.1 Å². The molecular weight excluding hydrogens is 218 g/mol. The Labute approximate surface area is 101 Å². The number of nitrogens with one attached hydrogen (secondary N) is 2. The van der Waals surface area contributed by atoms with E-state index in [1.54, 1.807) is 16.8 Å². The minimum Gasteiger partial charge on any atom is -0.324 e. The minimum atomic E-state index is -0.111. The third-order valence-corrected chi connectivity index (χ3v) is 2.28. The molecular formula is C12H19N3O2. The lowest BCUT2D eigenvalue weighted by Gasteiger charge is -2.10. The van der Waals surface area contributed by atoms with Crippen molar-refractivity contribution in [3.63, 3.8) is 0 Å². The molecule has 94 valence electrons. The Bertz CT molecular complexity index is 438. The summed E-state index contributed by atoms with van der Waals surface area (Å²) < 4.78 is 1.55. The summed E-state index contributed by atoms with van der Waals surface area (Å²) in [7, 11) is 0. The molecule has 0 aromatic carbocycles. The second kappa shape index (κ2) is 6.20. The molecule has 0 spiro atoms. The molecule has 0 aliphatic rings. The van der Waals surface area contributed by atoms with Gasteiger partial charge in [0.25, 0.3) is 5.56 Å². The lowest BCUT2D eigenvalue weighted by atomic mass is 10.3. The summed E-state index contributed by atoms with van der Waals surface area (Å²) >= 11 is 0. The molecule has 1 heterocycles. The van der Waals surface area contributed by atoms with Crippen molar-refractivity contribution >= 4 is 11.6 Å². The van der Waals surface area contributed by atoms with Gasteiger partial charge in [-0.25, -0.2) is 0 Å². The lowest BCUT2D eigenvalue weighted by molar-refractivity contribution is -0.115. The average molecular weight is 237 g/mol. The molecule has 1 rings (SSSR count). The van der Waals surface area contributed by atoms with Gasteiger partial charge < -0.3 is 15.2 Å². The number of rotatable bonds is 5. The third-order valence-electron chi connectivity index (χ3n) is 2.28. The maximum atomic E-state index is 11.5. The third kappa shape index (κ3) is 4.40. The zero-order chi connectivity index (χ0) is 12.8. The highest BCUT2D eigenvalue weighted by Gasteiger charge is 2.04.